The predicted molar refractivity (Wildman–Crippen MR) is 92.6 cm³/mol. The van der Waals surface area contributed by atoms with Crippen molar-refractivity contribution in [3.05, 3.63) is 70.8 Å². The highest BCUT2D eigenvalue weighted by atomic mass is 16.5. The zero-order chi connectivity index (χ0) is 18.0. The molecular weight excluding hydrogens is 320 g/mol. The maximum Gasteiger partial charge on any atom is 0.337 e. The Morgan fingerprint density at radius 2 is 1.68 bits per heavy atom. The van der Waals surface area contributed by atoms with Gasteiger partial charge in [-0.1, -0.05) is 29.8 Å². The van der Waals surface area contributed by atoms with Crippen LogP contribution in [0.15, 0.2) is 54.1 Å². The molecule has 0 spiro atoms. The zero-order valence-corrected chi connectivity index (χ0v) is 13.8. The van der Waals surface area contributed by atoms with E-state index < -0.39 is 17.8 Å². The first-order valence-electron chi connectivity index (χ1n) is 7.62. The third-order valence-electron chi connectivity index (χ3n) is 3.83. The lowest BCUT2D eigenvalue weighted by Gasteiger charge is -2.14. The second-order valence-electron chi connectivity index (χ2n) is 5.59. The SMILES string of the molecule is COC(=O)c1ccc(C=C2C(=O)NN(c3ccc(C)cc3)C2=O)cc1. The van der Waals surface area contributed by atoms with E-state index in [2.05, 4.69) is 10.2 Å². The molecule has 1 aliphatic rings. The summed E-state index contributed by atoms with van der Waals surface area (Å²) in [6.45, 7) is 1.94. The Morgan fingerprint density at radius 3 is 2.28 bits per heavy atom. The monoisotopic (exact) mass is 336 g/mol. The summed E-state index contributed by atoms with van der Waals surface area (Å²) < 4.78 is 4.64. The molecule has 0 radical (unpaired) electrons. The fourth-order valence-corrected chi connectivity index (χ4v) is 2.43. The van der Waals surface area contributed by atoms with Gasteiger partial charge in [0, 0.05) is 0 Å². The van der Waals surface area contributed by atoms with Gasteiger partial charge in [0.05, 0.1) is 18.4 Å². The van der Waals surface area contributed by atoms with Crippen molar-refractivity contribution in [1.29, 1.82) is 0 Å². The lowest BCUT2D eigenvalue weighted by atomic mass is 10.1. The number of ether oxygens (including phenoxy) is 1. The predicted octanol–water partition coefficient (Wildman–Crippen LogP) is 2.24. The van der Waals surface area contributed by atoms with Crippen LogP contribution >= 0.6 is 0 Å². The number of hydrazine groups is 1. The van der Waals surface area contributed by atoms with E-state index in [0.717, 1.165) is 5.56 Å². The largest absolute Gasteiger partial charge is 0.465 e. The number of rotatable bonds is 3. The van der Waals surface area contributed by atoms with Crippen LogP contribution in [0.1, 0.15) is 21.5 Å². The molecule has 1 heterocycles. The summed E-state index contributed by atoms with van der Waals surface area (Å²) in [5.74, 6) is -1.34. The molecule has 0 aromatic heterocycles. The number of nitrogens with zero attached hydrogens (tertiary/aromatic N) is 1. The fourth-order valence-electron chi connectivity index (χ4n) is 2.43. The lowest BCUT2D eigenvalue weighted by Crippen LogP contribution is -2.35. The van der Waals surface area contributed by atoms with E-state index in [0.29, 0.717) is 16.8 Å². The van der Waals surface area contributed by atoms with Crippen LogP contribution in [-0.2, 0) is 14.3 Å². The smallest absolute Gasteiger partial charge is 0.337 e. The number of hydrogen-bond acceptors (Lipinski definition) is 4. The van der Waals surface area contributed by atoms with Crippen LogP contribution in [0.4, 0.5) is 5.69 Å². The first-order chi connectivity index (χ1) is 12.0. The van der Waals surface area contributed by atoms with Crippen LogP contribution in [0.25, 0.3) is 6.08 Å². The summed E-state index contributed by atoms with van der Waals surface area (Å²) in [6.07, 6.45) is 1.49. The third-order valence-corrected chi connectivity index (χ3v) is 3.83. The summed E-state index contributed by atoms with van der Waals surface area (Å²) in [4.78, 5) is 36.1. The molecule has 0 saturated carbocycles. The van der Waals surface area contributed by atoms with E-state index in [-0.39, 0.29) is 5.57 Å². The van der Waals surface area contributed by atoms with E-state index in [1.807, 2.05) is 19.1 Å². The number of esters is 1. The number of amides is 2. The number of anilines is 1. The summed E-state index contributed by atoms with van der Waals surface area (Å²) in [5, 5.41) is 1.22. The maximum atomic E-state index is 12.5. The van der Waals surface area contributed by atoms with Crippen molar-refractivity contribution in [2.45, 2.75) is 6.92 Å². The first-order valence-corrected chi connectivity index (χ1v) is 7.62. The first kappa shape index (κ1) is 16.4. The van der Waals surface area contributed by atoms with E-state index in [1.165, 1.54) is 18.2 Å². The van der Waals surface area contributed by atoms with Crippen molar-refractivity contribution in [2.75, 3.05) is 12.1 Å². The molecule has 1 saturated heterocycles. The standard InChI is InChI=1S/C19H16N2O4/c1-12-3-9-15(10-4-12)21-18(23)16(17(22)20-21)11-13-5-7-14(8-6-13)19(24)25-2/h3-11H,1-2H3,(H,20,22). The minimum atomic E-state index is -0.470. The topological polar surface area (TPSA) is 75.7 Å². The van der Waals surface area contributed by atoms with Crippen LogP contribution in [0, 0.1) is 6.92 Å². The molecular formula is C19H16N2O4. The van der Waals surface area contributed by atoms with Crippen LogP contribution in [-0.4, -0.2) is 24.9 Å². The van der Waals surface area contributed by atoms with Gasteiger partial charge in [-0.05, 0) is 42.8 Å². The molecule has 0 bridgehead atoms. The Kier molecular flexibility index (Phi) is 4.35. The molecule has 0 unspecified atom stereocenters. The zero-order valence-electron chi connectivity index (χ0n) is 13.8. The van der Waals surface area contributed by atoms with E-state index >= 15 is 0 Å². The van der Waals surface area contributed by atoms with Gasteiger partial charge in [-0.3, -0.25) is 15.0 Å². The molecule has 6 heteroatoms. The number of aryl methyl sites for hydroxylation is 1. The summed E-state index contributed by atoms with van der Waals surface area (Å²) >= 11 is 0. The number of carbonyl (C=O) groups is 3. The number of methoxy groups -OCH3 is 1. The highest BCUT2D eigenvalue weighted by Gasteiger charge is 2.34. The van der Waals surface area contributed by atoms with Gasteiger partial charge in [-0.15, -0.1) is 0 Å². The lowest BCUT2D eigenvalue weighted by molar-refractivity contribution is -0.117. The Bertz CT molecular complexity index is 867. The molecule has 2 amide bonds. The normalized spacial score (nSPS) is 15.4. The molecule has 2 aromatic carbocycles. The van der Waals surface area contributed by atoms with E-state index in [1.54, 1.807) is 36.4 Å². The third kappa shape index (κ3) is 3.28. The second kappa shape index (κ2) is 6.60. The van der Waals surface area contributed by atoms with Crippen LogP contribution in [0.3, 0.4) is 0 Å². The van der Waals surface area contributed by atoms with Crippen molar-refractivity contribution in [3.8, 4) is 0 Å². The summed E-state index contributed by atoms with van der Waals surface area (Å²) in [6, 6.07) is 13.7. The minimum Gasteiger partial charge on any atom is -0.465 e. The van der Waals surface area contributed by atoms with Crippen LogP contribution in [0.2, 0.25) is 0 Å². The van der Waals surface area contributed by atoms with Gasteiger partial charge in [-0.2, -0.15) is 0 Å². The van der Waals surface area contributed by atoms with Crippen LogP contribution in [0.5, 0.6) is 0 Å². The number of hydrogen-bond donors (Lipinski definition) is 1. The van der Waals surface area contributed by atoms with Crippen molar-refractivity contribution < 1.29 is 19.1 Å². The quantitative estimate of drug-likeness (QED) is 0.530. The Labute approximate surface area is 144 Å². The van der Waals surface area contributed by atoms with Crippen molar-refractivity contribution in [1.82, 2.24) is 5.43 Å². The maximum absolute atomic E-state index is 12.5. The molecule has 0 atom stereocenters. The number of benzene rings is 2. The Hall–Kier alpha value is -3.41. The van der Waals surface area contributed by atoms with Crippen molar-refractivity contribution in [2.24, 2.45) is 0 Å². The van der Waals surface area contributed by atoms with Gasteiger partial charge < -0.3 is 4.74 Å². The summed E-state index contributed by atoms with van der Waals surface area (Å²) in [5.41, 5.74) is 5.27. The van der Waals surface area contributed by atoms with Gasteiger partial charge in [0.25, 0.3) is 11.8 Å². The Balaban J connectivity index is 1.85. The highest BCUT2D eigenvalue weighted by Crippen LogP contribution is 2.22. The number of nitrogens with one attached hydrogen (secondary N) is 1. The van der Waals surface area contributed by atoms with Gasteiger partial charge in [0.2, 0.25) is 0 Å². The molecule has 6 nitrogen and oxygen atoms in total. The van der Waals surface area contributed by atoms with Gasteiger partial charge in [-0.25, -0.2) is 9.80 Å². The molecule has 2 aromatic rings. The molecule has 1 N–H and O–H groups in total. The van der Waals surface area contributed by atoms with Crippen LogP contribution < -0.4 is 10.4 Å². The summed E-state index contributed by atoms with van der Waals surface area (Å²) in [7, 11) is 1.30. The molecule has 126 valence electrons. The Morgan fingerprint density at radius 1 is 1.04 bits per heavy atom. The van der Waals surface area contributed by atoms with Gasteiger partial charge in [0.15, 0.2) is 0 Å². The van der Waals surface area contributed by atoms with E-state index in [4.69, 9.17) is 0 Å². The highest BCUT2D eigenvalue weighted by molar-refractivity contribution is 6.31. The fraction of sp³-hybridized carbons (Fsp3) is 0.105. The van der Waals surface area contributed by atoms with Gasteiger partial charge in [0.1, 0.15) is 5.57 Å². The number of carbonyl (C=O) groups excluding carboxylic acids is 3. The molecule has 1 aliphatic heterocycles. The molecule has 0 aliphatic carbocycles. The minimum absolute atomic E-state index is 0.0337. The average Bonchev–Trinajstić information content (AvgIpc) is 2.90. The van der Waals surface area contributed by atoms with Crippen molar-refractivity contribution in [3.63, 3.8) is 0 Å². The molecule has 3 rings (SSSR count). The van der Waals surface area contributed by atoms with Gasteiger partial charge >= 0.3 is 5.97 Å². The molecule has 1 fully saturated rings. The average molecular weight is 336 g/mol. The van der Waals surface area contributed by atoms with Crippen molar-refractivity contribution >= 4 is 29.5 Å². The second-order valence-corrected chi connectivity index (χ2v) is 5.59. The van der Waals surface area contributed by atoms with E-state index in [9.17, 15) is 14.4 Å². The molecule has 25 heavy (non-hydrogen) atoms.